The van der Waals surface area contributed by atoms with Gasteiger partial charge in [0.05, 0.1) is 6.04 Å². The molecule has 1 aromatic heterocycles. The molecule has 18 heavy (non-hydrogen) atoms. The Morgan fingerprint density at radius 3 is 2.89 bits per heavy atom. The predicted octanol–water partition coefficient (Wildman–Crippen LogP) is 3.42. The van der Waals surface area contributed by atoms with E-state index >= 15 is 0 Å². The largest absolute Gasteiger partial charge is 0.338 e. The molecule has 1 heterocycles. The van der Waals surface area contributed by atoms with E-state index in [9.17, 15) is 0 Å². The lowest BCUT2D eigenvalue weighted by Gasteiger charge is -2.07. The molecule has 4 nitrogen and oxygen atoms in total. The summed E-state index contributed by atoms with van der Waals surface area (Å²) in [6.07, 6.45) is 6.15. The van der Waals surface area contributed by atoms with Crippen LogP contribution in [0.3, 0.4) is 0 Å². The lowest BCUT2D eigenvalue weighted by molar-refractivity contribution is 0.334. The van der Waals surface area contributed by atoms with Crippen molar-refractivity contribution in [1.82, 2.24) is 15.5 Å². The van der Waals surface area contributed by atoms with Crippen LogP contribution in [0.1, 0.15) is 76.6 Å². The van der Waals surface area contributed by atoms with Crippen LogP contribution in [0, 0.1) is 5.92 Å². The third kappa shape index (κ3) is 3.10. The first-order valence-corrected chi connectivity index (χ1v) is 7.31. The van der Waals surface area contributed by atoms with Crippen LogP contribution in [0.15, 0.2) is 4.52 Å². The Morgan fingerprint density at radius 2 is 2.22 bits per heavy atom. The summed E-state index contributed by atoms with van der Waals surface area (Å²) in [4.78, 5) is 4.57. The van der Waals surface area contributed by atoms with Gasteiger partial charge in [0.25, 0.3) is 0 Å². The lowest BCUT2D eigenvalue weighted by atomic mass is 10.0. The number of rotatable bonds is 6. The van der Waals surface area contributed by atoms with Gasteiger partial charge < -0.3 is 9.84 Å². The number of nitrogens with one attached hydrogen (secondary N) is 1. The maximum absolute atomic E-state index is 5.38. The Kier molecular flexibility index (Phi) is 4.75. The molecule has 0 aromatic carbocycles. The molecule has 2 rings (SSSR count). The number of hydrogen-bond donors (Lipinski definition) is 1. The van der Waals surface area contributed by atoms with Gasteiger partial charge in [-0.3, -0.25) is 0 Å². The second-order valence-electron chi connectivity index (χ2n) is 5.45. The van der Waals surface area contributed by atoms with Crippen molar-refractivity contribution in [2.75, 3.05) is 6.54 Å². The molecule has 0 bridgehead atoms. The zero-order valence-electron chi connectivity index (χ0n) is 11.8. The first-order chi connectivity index (χ1) is 8.74. The highest BCUT2D eigenvalue weighted by molar-refractivity contribution is 5.01. The number of aromatic nitrogens is 2. The zero-order chi connectivity index (χ0) is 13.0. The Morgan fingerprint density at radius 1 is 1.39 bits per heavy atom. The monoisotopic (exact) mass is 251 g/mol. The maximum Gasteiger partial charge on any atom is 0.243 e. The molecule has 1 aromatic rings. The Hall–Kier alpha value is -0.900. The van der Waals surface area contributed by atoms with Gasteiger partial charge in [0.15, 0.2) is 5.82 Å². The van der Waals surface area contributed by atoms with Gasteiger partial charge in [0, 0.05) is 5.92 Å². The highest BCUT2D eigenvalue weighted by atomic mass is 16.5. The molecule has 0 spiro atoms. The van der Waals surface area contributed by atoms with Crippen molar-refractivity contribution in [3.8, 4) is 0 Å². The van der Waals surface area contributed by atoms with Crippen LogP contribution >= 0.6 is 0 Å². The molecule has 0 radical (unpaired) electrons. The smallest absolute Gasteiger partial charge is 0.243 e. The van der Waals surface area contributed by atoms with E-state index in [1.165, 1.54) is 25.7 Å². The van der Waals surface area contributed by atoms with E-state index in [1.807, 2.05) is 0 Å². The quantitative estimate of drug-likeness (QED) is 0.841. The van der Waals surface area contributed by atoms with Crippen molar-refractivity contribution in [2.24, 2.45) is 5.92 Å². The van der Waals surface area contributed by atoms with Gasteiger partial charge in [-0.2, -0.15) is 4.98 Å². The highest BCUT2D eigenvalue weighted by Gasteiger charge is 2.28. The molecule has 0 amide bonds. The molecule has 102 valence electrons. The van der Waals surface area contributed by atoms with Gasteiger partial charge in [-0.05, 0) is 45.1 Å². The van der Waals surface area contributed by atoms with Crippen molar-refractivity contribution in [3.05, 3.63) is 11.7 Å². The Labute approximate surface area is 110 Å². The van der Waals surface area contributed by atoms with Gasteiger partial charge in [0.2, 0.25) is 5.89 Å². The molecule has 0 aliphatic heterocycles. The fourth-order valence-electron chi connectivity index (χ4n) is 2.72. The summed E-state index contributed by atoms with van der Waals surface area (Å²) in [5.74, 6) is 3.03. The topological polar surface area (TPSA) is 51.0 Å². The summed E-state index contributed by atoms with van der Waals surface area (Å²) >= 11 is 0. The molecule has 1 fully saturated rings. The minimum Gasteiger partial charge on any atom is -0.338 e. The van der Waals surface area contributed by atoms with Crippen LogP contribution < -0.4 is 5.32 Å². The minimum absolute atomic E-state index is 0.162. The van der Waals surface area contributed by atoms with Crippen LogP contribution in [-0.4, -0.2) is 16.7 Å². The standard InChI is InChI=1S/C14H25N3O/c1-4-8-15-10(3)14-16-13(17-18-14)12-7-6-11(5-2)9-12/h10-12,15H,4-9H2,1-3H3. The third-order valence-corrected chi connectivity index (χ3v) is 4.01. The average Bonchev–Trinajstić information content (AvgIpc) is 3.03. The summed E-state index contributed by atoms with van der Waals surface area (Å²) in [5.41, 5.74) is 0. The molecule has 3 unspecified atom stereocenters. The molecule has 1 aliphatic carbocycles. The second-order valence-corrected chi connectivity index (χ2v) is 5.45. The van der Waals surface area contributed by atoms with E-state index in [0.717, 1.165) is 30.6 Å². The Bertz CT molecular complexity index is 364. The zero-order valence-corrected chi connectivity index (χ0v) is 11.8. The van der Waals surface area contributed by atoms with Crippen molar-refractivity contribution >= 4 is 0 Å². The van der Waals surface area contributed by atoms with Crippen molar-refractivity contribution in [1.29, 1.82) is 0 Å². The summed E-state index contributed by atoms with van der Waals surface area (Å²) in [6.45, 7) is 7.49. The van der Waals surface area contributed by atoms with Crippen LogP contribution in [0.5, 0.6) is 0 Å². The van der Waals surface area contributed by atoms with Crippen LogP contribution in [0.25, 0.3) is 0 Å². The van der Waals surface area contributed by atoms with Crippen molar-refractivity contribution in [2.45, 2.75) is 64.8 Å². The van der Waals surface area contributed by atoms with E-state index in [-0.39, 0.29) is 6.04 Å². The number of hydrogen-bond acceptors (Lipinski definition) is 4. The molecule has 3 atom stereocenters. The first-order valence-electron chi connectivity index (χ1n) is 7.31. The van der Waals surface area contributed by atoms with E-state index in [2.05, 4.69) is 36.2 Å². The second kappa shape index (κ2) is 6.32. The summed E-state index contributed by atoms with van der Waals surface area (Å²) in [5, 5.41) is 7.55. The summed E-state index contributed by atoms with van der Waals surface area (Å²) in [6, 6.07) is 0.162. The third-order valence-electron chi connectivity index (χ3n) is 4.01. The Balaban J connectivity index is 1.93. The van der Waals surface area contributed by atoms with E-state index < -0.39 is 0 Å². The van der Waals surface area contributed by atoms with E-state index in [4.69, 9.17) is 4.52 Å². The highest BCUT2D eigenvalue weighted by Crippen LogP contribution is 2.38. The van der Waals surface area contributed by atoms with Crippen LogP contribution in [0.2, 0.25) is 0 Å². The molecule has 4 heteroatoms. The van der Waals surface area contributed by atoms with Crippen LogP contribution in [-0.2, 0) is 0 Å². The van der Waals surface area contributed by atoms with Gasteiger partial charge >= 0.3 is 0 Å². The molecule has 1 aliphatic rings. The van der Waals surface area contributed by atoms with Crippen molar-refractivity contribution < 1.29 is 4.52 Å². The van der Waals surface area contributed by atoms with Gasteiger partial charge in [-0.25, -0.2) is 0 Å². The maximum atomic E-state index is 5.38. The fourth-order valence-corrected chi connectivity index (χ4v) is 2.72. The first kappa shape index (κ1) is 13.5. The summed E-state index contributed by atoms with van der Waals surface area (Å²) in [7, 11) is 0. The average molecular weight is 251 g/mol. The van der Waals surface area contributed by atoms with Gasteiger partial charge in [0.1, 0.15) is 0 Å². The van der Waals surface area contributed by atoms with E-state index in [0.29, 0.717) is 5.92 Å². The van der Waals surface area contributed by atoms with E-state index in [1.54, 1.807) is 0 Å². The van der Waals surface area contributed by atoms with Crippen LogP contribution in [0.4, 0.5) is 0 Å². The molecular weight excluding hydrogens is 226 g/mol. The molecule has 1 N–H and O–H groups in total. The summed E-state index contributed by atoms with van der Waals surface area (Å²) < 4.78 is 5.38. The molecule has 0 saturated heterocycles. The molecular formula is C14H25N3O. The minimum atomic E-state index is 0.162. The lowest BCUT2D eigenvalue weighted by Crippen LogP contribution is -2.19. The number of nitrogens with zero attached hydrogens (tertiary/aromatic N) is 2. The van der Waals surface area contributed by atoms with Gasteiger partial charge in [-0.1, -0.05) is 25.4 Å². The molecule has 1 saturated carbocycles. The van der Waals surface area contributed by atoms with Crippen molar-refractivity contribution in [3.63, 3.8) is 0 Å². The fraction of sp³-hybridized carbons (Fsp3) is 0.857. The predicted molar refractivity (Wildman–Crippen MR) is 71.4 cm³/mol. The van der Waals surface area contributed by atoms with Gasteiger partial charge in [-0.15, -0.1) is 0 Å². The normalized spacial score (nSPS) is 25.5. The SMILES string of the molecule is CCCNC(C)c1nc(C2CCC(CC)C2)no1.